The third kappa shape index (κ3) is 3.40. The van der Waals surface area contributed by atoms with Crippen molar-refractivity contribution in [1.29, 1.82) is 0 Å². The van der Waals surface area contributed by atoms with Gasteiger partial charge < -0.3 is 15.3 Å². The zero-order valence-corrected chi connectivity index (χ0v) is 20.6. The Kier molecular flexibility index (Phi) is 6.06. The molecule has 4 aliphatic rings. The second kappa shape index (κ2) is 7.99. The van der Waals surface area contributed by atoms with Crippen LogP contribution in [0.3, 0.4) is 0 Å². The van der Waals surface area contributed by atoms with E-state index in [-0.39, 0.29) is 22.9 Å². The first kappa shape index (κ1) is 23.5. The van der Waals surface area contributed by atoms with Crippen LogP contribution in [0.15, 0.2) is 23.8 Å². The third-order valence-corrected chi connectivity index (χ3v) is 10.7. The van der Waals surface area contributed by atoms with Crippen LogP contribution in [0.4, 0.5) is 0 Å². The molecular formula is C28H46O3. The van der Waals surface area contributed by atoms with E-state index in [1.807, 2.05) is 0 Å². The lowest BCUT2D eigenvalue weighted by atomic mass is 9.44. The number of fused-ring (bicyclic) bond motifs is 5. The monoisotopic (exact) mass is 430 g/mol. The van der Waals surface area contributed by atoms with Gasteiger partial charge in [0, 0.05) is 5.41 Å². The first-order valence-electron chi connectivity index (χ1n) is 12.9. The molecule has 3 saturated carbocycles. The summed E-state index contributed by atoms with van der Waals surface area (Å²) in [6.07, 6.45) is 12.3. The van der Waals surface area contributed by atoms with Crippen molar-refractivity contribution in [3.63, 3.8) is 0 Å². The molecule has 3 unspecified atom stereocenters. The van der Waals surface area contributed by atoms with E-state index < -0.39 is 11.7 Å². The van der Waals surface area contributed by atoms with Crippen molar-refractivity contribution < 1.29 is 15.3 Å². The van der Waals surface area contributed by atoms with Crippen molar-refractivity contribution in [2.45, 2.75) is 104 Å². The van der Waals surface area contributed by atoms with Gasteiger partial charge in [0.05, 0.1) is 12.2 Å². The standard InChI is InChI=1S/C28H46O3/c1-17(2)18(3)7-8-19(4)22-11-12-23-24-10-9-20-15-21(29)13-14-27(20,6)28(24,31)25(30)16-26(22,23)5/h7-8,10,17-23,25,29-31H,9,11-16H2,1-6H3/t18-,19+,20?,21?,22+,23-,25?,26+,27-,28-/m0/s1. The van der Waals surface area contributed by atoms with Gasteiger partial charge in [0.15, 0.2) is 0 Å². The predicted molar refractivity (Wildman–Crippen MR) is 126 cm³/mol. The summed E-state index contributed by atoms with van der Waals surface area (Å²) in [6, 6.07) is 0. The van der Waals surface area contributed by atoms with Crippen LogP contribution in [0.2, 0.25) is 0 Å². The van der Waals surface area contributed by atoms with Crippen LogP contribution >= 0.6 is 0 Å². The zero-order chi connectivity index (χ0) is 22.8. The summed E-state index contributed by atoms with van der Waals surface area (Å²) < 4.78 is 0. The Labute approximate surface area is 190 Å². The number of hydrogen-bond donors (Lipinski definition) is 3. The smallest absolute Gasteiger partial charge is 0.117 e. The number of aliphatic hydroxyl groups is 3. The highest BCUT2D eigenvalue weighted by Gasteiger charge is 2.68. The fourth-order valence-electron chi connectivity index (χ4n) is 8.17. The average Bonchev–Trinajstić information content (AvgIpc) is 3.04. The van der Waals surface area contributed by atoms with Gasteiger partial charge in [-0.2, -0.15) is 0 Å². The lowest BCUT2D eigenvalue weighted by Crippen LogP contribution is -2.67. The van der Waals surface area contributed by atoms with E-state index >= 15 is 0 Å². The lowest BCUT2D eigenvalue weighted by Gasteiger charge is -2.63. The van der Waals surface area contributed by atoms with Crippen LogP contribution < -0.4 is 0 Å². The Balaban J connectivity index is 1.64. The summed E-state index contributed by atoms with van der Waals surface area (Å²) in [6.45, 7) is 13.8. The molecule has 0 bridgehead atoms. The summed E-state index contributed by atoms with van der Waals surface area (Å²) in [4.78, 5) is 0. The SMILES string of the molecule is CC(C)[C@@H](C)C=C[C@@H](C)[C@H]1CC[C@H]2C3=CCC4CC(O)CC[C@]4(C)[C@@]3(O)C(O)C[C@]12C. The van der Waals surface area contributed by atoms with Gasteiger partial charge >= 0.3 is 0 Å². The molecule has 0 aromatic rings. The van der Waals surface area contributed by atoms with Crippen molar-refractivity contribution in [3.05, 3.63) is 23.8 Å². The van der Waals surface area contributed by atoms with Gasteiger partial charge in [-0.1, -0.05) is 59.8 Å². The minimum Gasteiger partial charge on any atom is -0.393 e. The van der Waals surface area contributed by atoms with Crippen LogP contribution in [0.25, 0.3) is 0 Å². The highest BCUT2D eigenvalue weighted by molar-refractivity contribution is 5.37. The molecule has 0 aliphatic heterocycles. The summed E-state index contributed by atoms with van der Waals surface area (Å²) in [5.41, 5.74) is -0.314. The zero-order valence-electron chi connectivity index (χ0n) is 20.6. The largest absolute Gasteiger partial charge is 0.393 e. The second-order valence-electron chi connectivity index (χ2n) is 12.5. The predicted octanol–water partition coefficient (Wildman–Crippen LogP) is 5.50. The van der Waals surface area contributed by atoms with E-state index in [2.05, 4.69) is 59.8 Å². The molecule has 0 spiro atoms. The molecular weight excluding hydrogens is 384 g/mol. The molecule has 3 N–H and O–H groups in total. The molecule has 3 heteroatoms. The van der Waals surface area contributed by atoms with E-state index in [9.17, 15) is 15.3 Å². The topological polar surface area (TPSA) is 60.7 Å². The van der Waals surface area contributed by atoms with Crippen molar-refractivity contribution in [2.75, 3.05) is 0 Å². The fourth-order valence-corrected chi connectivity index (χ4v) is 8.17. The summed E-state index contributed by atoms with van der Waals surface area (Å²) >= 11 is 0. The van der Waals surface area contributed by atoms with Gasteiger partial charge in [-0.15, -0.1) is 0 Å². The quantitative estimate of drug-likeness (QED) is 0.516. The van der Waals surface area contributed by atoms with E-state index in [0.717, 1.165) is 37.7 Å². The minimum atomic E-state index is -1.14. The highest BCUT2D eigenvalue weighted by atomic mass is 16.3. The Morgan fingerprint density at radius 1 is 1.03 bits per heavy atom. The van der Waals surface area contributed by atoms with Crippen LogP contribution in [-0.4, -0.2) is 33.1 Å². The molecule has 3 nitrogen and oxygen atoms in total. The number of hydrogen-bond acceptors (Lipinski definition) is 3. The van der Waals surface area contributed by atoms with E-state index in [1.165, 1.54) is 6.42 Å². The van der Waals surface area contributed by atoms with E-state index in [0.29, 0.717) is 36.0 Å². The lowest BCUT2D eigenvalue weighted by molar-refractivity contribution is -0.208. The van der Waals surface area contributed by atoms with Gasteiger partial charge in [-0.25, -0.2) is 0 Å². The maximum Gasteiger partial charge on any atom is 0.117 e. The molecule has 0 heterocycles. The average molecular weight is 431 g/mol. The minimum absolute atomic E-state index is 0.0275. The van der Waals surface area contributed by atoms with Crippen molar-refractivity contribution in [2.24, 2.45) is 46.3 Å². The van der Waals surface area contributed by atoms with Crippen LogP contribution in [0.1, 0.15) is 86.5 Å². The van der Waals surface area contributed by atoms with Crippen LogP contribution in [0.5, 0.6) is 0 Å². The molecule has 31 heavy (non-hydrogen) atoms. The Hall–Kier alpha value is -0.640. The fraction of sp³-hybridized carbons (Fsp3) is 0.857. The Bertz CT molecular complexity index is 741. The van der Waals surface area contributed by atoms with Gasteiger partial charge in [0.1, 0.15) is 5.60 Å². The van der Waals surface area contributed by atoms with Crippen LogP contribution in [-0.2, 0) is 0 Å². The third-order valence-electron chi connectivity index (χ3n) is 10.7. The summed E-state index contributed by atoms with van der Waals surface area (Å²) in [5.74, 6) is 2.85. The molecule has 0 radical (unpaired) electrons. The molecule has 0 saturated heterocycles. The van der Waals surface area contributed by atoms with Gasteiger partial charge in [-0.05, 0) is 91.4 Å². The molecule has 4 rings (SSSR count). The van der Waals surface area contributed by atoms with Crippen molar-refractivity contribution >= 4 is 0 Å². The second-order valence-corrected chi connectivity index (χ2v) is 12.5. The van der Waals surface area contributed by atoms with Gasteiger partial charge in [0.2, 0.25) is 0 Å². The highest BCUT2D eigenvalue weighted by Crippen LogP contribution is 2.68. The Morgan fingerprint density at radius 3 is 2.42 bits per heavy atom. The van der Waals surface area contributed by atoms with Crippen molar-refractivity contribution in [1.82, 2.24) is 0 Å². The Morgan fingerprint density at radius 2 is 1.74 bits per heavy atom. The first-order chi connectivity index (χ1) is 14.4. The van der Waals surface area contributed by atoms with Gasteiger partial charge in [-0.3, -0.25) is 0 Å². The van der Waals surface area contributed by atoms with Crippen molar-refractivity contribution in [3.8, 4) is 0 Å². The molecule has 0 aromatic heterocycles. The first-order valence-corrected chi connectivity index (χ1v) is 12.9. The summed E-state index contributed by atoms with van der Waals surface area (Å²) in [5, 5.41) is 34.0. The molecule has 4 aliphatic carbocycles. The number of rotatable bonds is 4. The normalized spacial score (nSPS) is 49.4. The maximum absolute atomic E-state index is 12.2. The van der Waals surface area contributed by atoms with Gasteiger partial charge in [0.25, 0.3) is 0 Å². The molecule has 176 valence electrons. The molecule has 3 fully saturated rings. The van der Waals surface area contributed by atoms with Crippen LogP contribution in [0, 0.1) is 46.3 Å². The number of allylic oxidation sites excluding steroid dienone is 3. The molecule has 10 atom stereocenters. The summed E-state index contributed by atoms with van der Waals surface area (Å²) in [7, 11) is 0. The maximum atomic E-state index is 12.2. The number of aliphatic hydroxyl groups excluding tert-OH is 2. The molecule has 0 aromatic carbocycles. The van der Waals surface area contributed by atoms with E-state index in [1.54, 1.807) is 0 Å². The van der Waals surface area contributed by atoms with E-state index in [4.69, 9.17) is 0 Å². The molecule has 0 amide bonds.